The maximum Gasteiger partial charge on any atom is 0.125 e. The van der Waals surface area contributed by atoms with Crippen molar-refractivity contribution in [2.75, 3.05) is 0 Å². The molecule has 0 aliphatic carbocycles. The number of hydrogen-bond acceptors (Lipinski definition) is 2. The fraction of sp³-hybridized carbons (Fsp3) is 0.286. The van der Waals surface area contributed by atoms with E-state index in [0.29, 0.717) is 11.9 Å². The average Bonchev–Trinajstić information content (AvgIpc) is 2.84. The number of alkyl halides is 1. The lowest BCUT2D eigenvalue weighted by atomic mass is 10.2. The maximum atomic E-state index is 6.13. The minimum absolute atomic E-state index is 0.602. The number of rotatable bonds is 5. The predicted molar refractivity (Wildman–Crippen MR) is 82.1 cm³/mol. The maximum absolute atomic E-state index is 6.13. The number of hydrogen-bond donors (Lipinski definition) is 0. The molecule has 2 rings (SSSR count). The summed E-state index contributed by atoms with van der Waals surface area (Å²) < 4.78 is 5.85. The molecule has 18 heavy (non-hydrogen) atoms. The van der Waals surface area contributed by atoms with Crippen molar-refractivity contribution >= 4 is 38.9 Å². The van der Waals surface area contributed by atoms with E-state index in [1.54, 1.807) is 11.3 Å². The molecule has 0 unspecified atom stereocenters. The summed E-state index contributed by atoms with van der Waals surface area (Å²) in [7, 11) is 0. The van der Waals surface area contributed by atoms with Gasteiger partial charge in [0, 0.05) is 25.7 Å². The molecule has 0 aliphatic rings. The predicted octanol–water partition coefficient (Wildman–Crippen LogP) is 5.44. The Labute approximate surface area is 125 Å². The second-order valence-corrected chi connectivity index (χ2v) is 6.08. The van der Waals surface area contributed by atoms with E-state index >= 15 is 0 Å². The van der Waals surface area contributed by atoms with E-state index in [1.165, 1.54) is 9.75 Å². The van der Waals surface area contributed by atoms with E-state index < -0.39 is 0 Å². The fourth-order valence-electron chi connectivity index (χ4n) is 1.64. The van der Waals surface area contributed by atoms with Crippen molar-refractivity contribution in [3.05, 3.63) is 50.7 Å². The SMILES string of the molecule is CCc1ccc(COc2cccc(Cl)c2CBr)s1. The Balaban J connectivity index is 2.08. The molecule has 0 fully saturated rings. The van der Waals surface area contributed by atoms with Crippen LogP contribution in [-0.2, 0) is 18.4 Å². The smallest absolute Gasteiger partial charge is 0.125 e. The summed E-state index contributed by atoms with van der Waals surface area (Å²) in [5.41, 5.74) is 1.01. The van der Waals surface area contributed by atoms with Gasteiger partial charge in [0.05, 0.1) is 0 Å². The van der Waals surface area contributed by atoms with Crippen LogP contribution in [0.5, 0.6) is 5.75 Å². The number of thiophene rings is 1. The highest BCUT2D eigenvalue weighted by molar-refractivity contribution is 9.08. The van der Waals surface area contributed by atoms with E-state index in [4.69, 9.17) is 16.3 Å². The van der Waals surface area contributed by atoms with E-state index in [0.717, 1.165) is 22.8 Å². The van der Waals surface area contributed by atoms with Crippen LogP contribution in [0.4, 0.5) is 0 Å². The summed E-state index contributed by atoms with van der Waals surface area (Å²) in [6.45, 7) is 2.77. The monoisotopic (exact) mass is 344 g/mol. The summed E-state index contributed by atoms with van der Waals surface area (Å²) >= 11 is 11.4. The van der Waals surface area contributed by atoms with E-state index in [-0.39, 0.29) is 0 Å². The molecule has 0 atom stereocenters. The molecule has 0 spiro atoms. The van der Waals surface area contributed by atoms with Crippen molar-refractivity contribution < 1.29 is 4.74 Å². The van der Waals surface area contributed by atoms with Crippen LogP contribution >= 0.6 is 38.9 Å². The molecule has 96 valence electrons. The first kappa shape index (κ1) is 13.9. The van der Waals surface area contributed by atoms with Gasteiger partial charge in [-0.25, -0.2) is 0 Å². The number of aryl methyl sites for hydroxylation is 1. The van der Waals surface area contributed by atoms with Gasteiger partial charge in [-0.2, -0.15) is 0 Å². The highest BCUT2D eigenvalue weighted by atomic mass is 79.9. The molecule has 0 aliphatic heterocycles. The van der Waals surface area contributed by atoms with E-state index in [1.807, 2.05) is 18.2 Å². The van der Waals surface area contributed by atoms with Crippen LogP contribution in [0, 0.1) is 0 Å². The molecule has 0 saturated carbocycles. The molecule has 4 heteroatoms. The molecule has 0 radical (unpaired) electrons. The minimum atomic E-state index is 0.602. The summed E-state index contributed by atoms with van der Waals surface area (Å²) in [6, 6.07) is 10.0. The highest BCUT2D eigenvalue weighted by Crippen LogP contribution is 2.29. The van der Waals surface area contributed by atoms with E-state index in [9.17, 15) is 0 Å². The Bertz CT molecular complexity index is 524. The third-order valence-corrected chi connectivity index (χ3v) is 4.76. The van der Waals surface area contributed by atoms with Crippen molar-refractivity contribution in [2.24, 2.45) is 0 Å². The Morgan fingerprint density at radius 3 is 2.67 bits per heavy atom. The molecule has 0 saturated heterocycles. The second kappa shape index (κ2) is 6.60. The zero-order valence-corrected chi connectivity index (χ0v) is 13.2. The Hall–Kier alpha value is -0.510. The van der Waals surface area contributed by atoms with Crippen molar-refractivity contribution in [1.29, 1.82) is 0 Å². The van der Waals surface area contributed by atoms with Crippen molar-refractivity contribution in [3.63, 3.8) is 0 Å². The molecule has 2 aromatic rings. The number of halogens is 2. The zero-order chi connectivity index (χ0) is 13.0. The topological polar surface area (TPSA) is 9.23 Å². The average molecular weight is 346 g/mol. The molecule has 0 amide bonds. The van der Waals surface area contributed by atoms with Crippen molar-refractivity contribution in [3.8, 4) is 5.75 Å². The molecule has 0 bridgehead atoms. The van der Waals surface area contributed by atoms with Gasteiger partial charge >= 0.3 is 0 Å². The van der Waals surface area contributed by atoms with Crippen molar-refractivity contribution in [1.82, 2.24) is 0 Å². The lowest BCUT2D eigenvalue weighted by Gasteiger charge is -2.10. The van der Waals surface area contributed by atoms with Gasteiger partial charge in [-0.05, 0) is 30.7 Å². The molecule has 1 heterocycles. The lowest BCUT2D eigenvalue weighted by Crippen LogP contribution is -1.96. The fourth-order valence-corrected chi connectivity index (χ4v) is 3.49. The van der Waals surface area contributed by atoms with Crippen LogP contribution in [0.25, 0.3) is 0 Å². The van der Waals surface area contributed by atoms with Gasteiger partial charge in [0.15, 0.2) is 0 Å². The van der Waals surface area contributed by atoms with Crippen LogP contribution in [-0.4, -0.2) is 0 Å². The van der Waals surface area contributed by atoms with Crippen LogP contribution < -0.4 is 4.74 Å². The number of benzene rings is 1. The van der Waals surface area contributed by atoms with Gasteiger partial charge < -0.3 is 4.74 Å². The van der Waals surface area contributed by atoms with Gasteiger partial charge in [0.1, 0.15) is 12.4 Å². The standard InChI is InChI=1S/C14H14BrClOS/c1-2-10-6-7-11(18-10)9-17-14-5-3-4-13(16)12(14)8-15/h3-7H,2,8-9H2,1H3. The van der Waals surface area contributed by atoms with Crippen molar-refractivity contribution in [2.45, 2.75) is 25.3 Å². The van der Waals surface area contributed by atoms with Gasteiger partial charge in [0.2, 0.25) is 0 Å². The molecular formula is C14H14BrClOS. The first-order valence-electron chi connectivity index (χ1n) is 5.78. The first-order valence-corrected chi connectivity index (χ1v) is 8.10. The number of ether oxygens (including phenoxy) is 1. The van der Waals surface area contributed by atoms with Gasteiger partial charge in [-0.3, -0.25) is 0 Å². The summed E-state index contributed by atoms with van der Waals surface area (Å²) in [6.07, 6.45) is 1.08. The quantitative estimate of drug-likeness (QED) is 0.656. The molecule has 0 N–H and O–H groups in total. The molecular weight excluding hydrogens is 332 g/mol. The van der Waals surface area contributed by atoms with Gasteiger partial charge in [-0.15, -0.1) is 11.3 Å². The van der Waals surface area contributed by atoms with Crippen LogP contribution in [0.1, 0.15) is 22.2 Å². The van der Waals surface area contributed by atoms with Gasteiger partial charge in [0.25, 0.3) is 0 Å². The Morgan fingerprint density at radius 1 is 1.22 bits per heavy atom. The first-order chi connectivity index (χ1) is 8.74. The highest BCUT2D eigenvalue weighted by Gasteiger charge is 2.07. The lowest BCUT2D eigenvalue weighted by molar-refractivity contribution is 0.307. The Morgan fingerprint density at radius 2 is 2.00 bits per heavy atom. The molecule has 1 aromatic heterocycles. The summed E-state index contributed by atoms with van der Waals surface area (Å²) in [5, 5.41) is 1.44. The molecule has 1 aromatic carbocycles. The van der Waals surface area contributed by atoms with Crippen LogP contribution in [0.15, 0.2) is 30.3 Å². The Kier molecular flexibility index (Phi) is 5.10. The summed E-state index contributed by atoms with van der Waals surface area (Å²) in [4.78, 5) is 2.63. The summed E-state index contributed by atoms with van der Waals surface area (Å²) in [5.74, 6) is 0.853. The van der Waals surface area contributed by atoms with Crippen LogP contribution in [0.3, 0.4) is 0 Å². The van der Waals surface area contributed by atoms with E-state index in [2.05, 4.69) is 35.0 Å². The normalized spacial score (nSPS) is 10.6. The van der Waals surface area contributed by atoms with Gasteiger partial charge in [-0.1, -0.05) is 40.5 Å². The minimum Gasteiger partial charge on any atom is -0.488 e. The third kappa shape index (κ3) is 3.28. The second-order valence-electron chi connectivity index (χ2n) is 3.86. The third-order valence-electron chi connectivity index (χ3n) is 2.65. The largest absolute Gasteiger partial charge is 0.488 e. The van der Waals surface area contributed by atoms with Crippen LogP contribution in [0.2, 0.25) is 5.02 Å². The molecule has 1 nitrogen and oxygen atoms in total. The zero-order valence-electron chi connectivity index (χ0n) is 10.1.